The second-order valence-corrected chi connectivity index (χ2v) is 6.44. The molecule has 1 unspecified atom stereocenters. The summed E-state index contributed by atoms with van der Waals surface area (Å²) >= 11 is 0. The number of ether oxygens (including phenoxy) is 1. The number of hydrogen-bond donors (Lipinski definition) is 2. The summed E-state index contributed by atoms with van der Waals surface area (Å²) in [6.07, 6.45) is 0. The second kappa shape index (κ2) is 7.97. The van der Waals surface area contributed by atoms with Crippen molar-refractivity contribution < 1.29 is 14.6 Å². The van der Waals surface area contributed by atoms with Crippen LogP contribution >= 0.6 is 0 Å². The van der Waals surface area contributed by atoms with Crippen molar-refractivity contribution in [3.05, 3.63) is 54.6 Å². The van der Waals surface area contributed by atoms with Crippen LogP contribution in [0.25, 0.3) is 11.1 Å². The van der Waals surface area contributed by atoms with E-state index in [0.29, 0.717) is 5.75 Å². The Bertz CT molecular complexity index is 666. The molecule has 1 atom stereocenters. The molecule has 0 aromatic heterocycles. The monoisotopic (exact) mass is 327 g/mol. The van der Waals surface area contributed by atoms with Gasteiger partial charge in [-0.1, -0.05) is 62.4 Å². The lowest BCUT2D eigenvalue weighted by molar-refractivity contribution is -0.124. The van der Waals surface area contributed by atoms with Crippen LogP contribution in [0.3, 0.4) is 0 Å². The third kappa shape index (κ3) is 4.83. The minimum absolute atomic E-state index is 0.0533. The molecule has 2 rings (SSSR count). The van der Waals surface area contributed by atoms with Crippen molar-refractivity contribution in [1.82, 2.24) is 5.32 Å². The Hall–Kier alpha value is -2.33. The van der Waals surface area contributed by atoms with Gasteiger partial charge in [-0.25, -0.2) is 0 Å². The van der Waals surface area contributed by atoms with Crippen molar-refractivity contribution in [2.45, 2.75) is 26.4 Å². The predicted octanol–water partition coefficient (Wildman–Crippen LogP) is 3.26. The van der Waals surface area contributed by atoms with Gasteiger partial charge in [0, 0.05) is 12.1 Å². The second-order valence-electron chi connectivity index (χ2n) is 6.44. The number of nitrogens with one attached hydrogen (secondary N) is 1. The Morgan fingerprint density at radius 3 is 2.42 bits per heavy atom. The van der Waals surface area contributed by atoms with Crippen molar-refractivity contribution in [2.24, 2.45) is 5.92 Å². The Kier molecular flexibility index (Phi) is 5.99. The van der Waals surface area contributed by atoms with E-state index in [1.807, 2.05) is 68.4 Å². The lowest BCUT2D eigenvalue weighted by Crippen LogP contribution is -2.45. The van der Waals surface area contributed by atoms with E-state index >= 15 is 0 Å². The van der Waals surface area contributed by atoms with E-state index in [9.17, 15) is 9.90 Å². The SMILES string of the molecule is CC(C)C(C)(O)CNC(=O)COc1ccccc1-c1ccccc1. The molecule has 0 saturated carbocycles. The number of benzene rings is 2. The highest BCUT2D eigenvalue weighted by Crippen LogP contribution is 2.29. The van der Waals surface area contributed by atoms with Gasteiger partial charge in [0.2, 0.25) is 0 Å². The summed E-state index contributed by atoms with van der Waals surface area (Å²) in [7, 11) is 0. The van der Waals surface area contributed by atoms with Crippen LogP contribution in [0.2, 0.25) is 0 Å². The van der Waals surface area contributed by atoms with Crippen LogP contribution < -0.4 is 10.1 Å². The zero-order chi connectivity index (χ0) is 17.6. The highest BCUT2D eigenvalue weighted by Gasteiger charge is 2.25. The van der Waals surface area contributed by atoms with E-state index in [-0.39, 0.29) is 25.0 Å². The van der Waals surface area contributed by atoms with Gasteiger partial charge in [0.05, 0.1) is 5.60 Å². The summed E-state index contributed by atoms with van der Waals surface area (Å²) in [6, 6.07) is 17.5. The third-order valence-corrected chi connectivity index (χ3v) is 4.22. The van der Waals surface area contributed by atoms with Crippen LogP contribution in [0.5, 0.6) is 5.75 Å². The Morgan fingerprint density at radius 2 is 1.75 bits per heavy atom. The largest absolute Gasteiger partial charge is 0.483 e. The average Bonchev–Trinajstić information content (AvgIpc) is 2.59. The molecule has 0 radical (unpaired) electrons. The molecule has 0 aliphatic rings. The van der Waals surface area contributed by atoms with Crippen LogP contribution in [0.1, 0.15) is 20.8 Å². The fourth-order valence-electron chi connectivity index (χ4n) is 2.12. The van der Waals surface area contributed by atoms with E-state index in [0.717, 1.165) is 11.1 Å². The van der Waals surface area contributed by atoms with Crippen molar-refractivity contribution in [3.63, 3.8) is 0 Å². The minimum Gasteiger partial charge on any atom is -0.483 e. The summed E-state index contributed by atoms with van der Waals surface area (Å²) in [5, 5.41) is 12.9. The third-order valence-electron chi connectivity index (χ3n) is 4.22. The molecule has 24 heavy (non-hydrogen) atoms. The molecule has 4 heteroatoms. The molecule has 0 spiro atoms. The van der Waals surface area contributed by atoms with Gasteiger partial charge in [-0.05, 0) is 24.5 Å². The molecule has 0 aliphatic heterocycles. The first kappa shape index (κ1) is 18.0. The summed E-state index contributed by atoms with van der Waals surface area (Å²) < 4.78 is 5.69. The number of rotatable bonds is 7. The average molecular weight is 327 g/mol. The molecule has 2 N–H and O–H groups in total. The Labute approximate surface area is 143 Å². The van der Waals surface area contributed by atoms with E-state index in [4.69, 9.17) is 4.74 Å². The summed E-state index contributed by atoms with van der Waals surface area (Å²) in [5.41, 5.74) is 1.05. The first-order chi connectivity index (χ1) is 11.4. The van der Waals surface area contributed by atoms with Crippen LogP contribution in [0.4, 0.5) is 0 Å². The number of hydrogen-bond acceptors (Lipinski definition) is 3. The van der Waals surface area contributed by atoms with Gasteiger partial charge in [-0.3, -0.25) is 4.79 Å². The quantitative estimate of drug-likeness (QED) is 0.821. The summed E-state index contributed by atoms with van der Waals surface area (Å²) in [5.74, 6) is 0.464. The van der Waals surface area contributed by atoms with Crippen LogP contribution in [0, 0.1) is 5.92 Å². The Morgan fingerprint density at radius 1 is 1.12 bits per heavy atom. The van der Waals surface area contributed by atoms with Crippen molar-refractivity contribution >= 4 is 5.91 Å². The molecule has 0 heterocycles. The van der Waals surface area contributed by atoms with Gasteiger partial charge >= 0.3 is 0 Å². The fourth-order valence-corrected chi connectivity index (χ4v) is 2.12. The molecule has 0 bridgehead atoms. The van der Waals surface area contributed by atoms with Crippen molar-refractivity contribution in [2.75, 3.05) is 13.2 Å². The molecule has 2 aromatic carbocycles. The molecular formula is C20H25NO3. The number of amides is 1. The normalized spacial score (nSPS) is 13.4. The molecule has 4 nitrogen and oxygen atoms in total. The van der Waals surface area contributed by atoms with Gasteiger partial charge in [0.15, 0.2) is 6.61 Å². The van der Waals surface area contributed by atoms with Gasteiger partial charge in [0.25, 0.3) is 5.91 Å². The number of carbonyl (C=O) groups is 1. The fraction of sp³-hybridized carbons (Fsp3) is 0.350. The molecule has 128 valence electrons. The molecule has 0 saturated heterocycles. The Balaban J connectivity index is 1.97. The zero-order valence-corrected chi connectivity index (χ0v) is 14.5. The van der Waals surface area contributed by atoms with Crippen LogP contribution in [0.15, 0.2) is 54.6 Å². The molecule has 0 aliphatic carbocycles. The lowest BCUT2D eigenvalue weighted by atomic mass is 9.93. The highest BCUT2D eigenvalue weighted by atomic mass is 16.5. The smallest absolute Gasteiger partial charge is 0.258 e. The number of aliphatic hydroxyl groups is 1. The molecule has 1 amide bonds. The molecular weight excluding hydrogens is 302 g/mol. The van der Waals surface area contributed by atoms with Gasteiger partial charge in [0.1, 0.15) is 5.75 Å². The summed E-state index contributed by atoms with van der Waals surface area (Å²) in [4.78, 5) is 12.0. The van der Waals surface area contributed by atoms with Crippen molar-refractivity contribution in [3.8, 4) is 16.9 Å². The number of para-hydroxylation sites is 1. The zero-order valence-electron chi connectivity index (χ0n) is 14.5. The lowest BCUT2D eigenvalue weighted by Gasteiger charge is -2.27. The van der Waals surface area contributed by atoms with E-state index in [2.05, 4.69) is 5.32 Å². The van der Waals surface area contributed by atoms with Gasteiger partial charge < -0.3 is 15.2 Å². The number of carbonyl (C=O) groups excluding carboxylic acids is 1. The van der Waals surface area contributed by atoms with Gasteiger partial charge in [-0.15, -0.1) is 0 Å². The maximum absolute atomic E-state index is 12.0. The maximum Gasteiger partial charge on any atom is 0.258 e. The first-order valence-electron chi connectivity index (χ1n) is 8.16. The summed E-state index contributed by atoms with van der Waals surface area (Å²) in [6.45, 7) is 5.66. The minimum atomic E-state index is -0.933. The van der Waals surface area contributed by atoms with Gasteiger partial charge in [-0.2, -0.15) is 0 Å². The molecule has 2 aromatic rings. The van der Waals surface area contributed by atoms with Crippen LogP contribution in [-0.4, -0.2) is 29.8 Å². The topological polar surface area (TPSA) is 58.6 Å². The predicted molar refractivity (Wildman–Crippen MR) is 95.8 cm³/mol. The highest BCUT2D eigenvalue weighted by molar-refractivity contribution is 5.78. The van der Waals surface area contributed by atoms with E-state index in [1.165, 1.54) is 0 Å². The first-order valence-corrected chi connectivity index (χ1v) is 8.16. The van der Waals surface area contributed by atoms with Crippen molar-refractivity contribution in [1.29, 1.82) is 0 Å². The van der Waals surface area contributed by atoms with E-state index in [1.54, 1.807) is 6.92 Å². The van der Waals surface area contributed by atoms with E-state index < -0.39 is 5.60 Å². The maximum atomic E-state index is 12.0. The molecule has 0 fully saturated rings. The van der Waals surface area contributed by atoms with Crippen LogP contribution in [-0.2, 0) is 4.79 Å². The standard InChI is InChI=1S/C20H25NO3/c1-15(2)20(3,23)14-21-19(22)13-24-18-12-8-7-11-17(18)16-9-5-4-6-10-16/h4-12,15,23H,13-14H2,1-3H3,(H,21,22).